The number of benzene rings is 3. The molecule has 0 radical (unpaired) electrons. The maximum Gasteiger partial charge on any atom is 0.193 e. The lowest BCUT2D eigenvalue weighted by Gasteiger charge is -2.05. The first kappa shape index (κ1) is 13.3. The van der Waals surface area contributed by atoms with Crippen LogP contribution in [-0.4, -0.2) is 12.9 Å². The van der Waals surface area contributed by atoms with E-state index >= 15 is 0 Å². The molecule has 0 spiro atoms. The standard InChI is InChI=1S/C18H13FO2/c1-21-17-9-6-13-10-15(3-2-14(13)11-17)18(20)12-4-7-16(19)8-5-12/h2-11H,1H3. The molecule has 3 aromatic carbocycles. The Morgan fingerprint density at radius 2 is 1.48 bits per heavy atom. The highest BCUT2D eigenvalue weighted by atomic mass is 19.1. The SMILES string of the molecule is COc1ccc2cc(C(=O)c3ccc(F)cc3)ccc2c1. The first-order valence-electron chi connectivity index (χ1n) is 6.55. The summed E-state index contributed by atoms with van der Waals surface area (Å²) in [5.41, 5.74) is 1.06. The van der Waals surface area contributed by atoms with E-state index in [1.807, 2.05) is 30.3 Å². The van der Waals surface area contributed by atoms with Crippen LogP contribution in [0.25, 0.3) is 10.8 Å². The first-order valence-corrected chi connectivity index (χ1v) is 6.55. The van der Waals surface area contributed by atoms with Crippen LogP contribution >= 0.6 is 0 Å². The summed E-state index contributed by atoms with van der Waals surface area (Å²) >= 11 is 0. The van der Waals surface area contributed by atoms with Crippen LogP contribution in [0.5, 0.6) is 5.75 Å². The molecule has 21 heavy (non-hydrogen) atoms. The Labute approximate surface area is 121 Å². The highest BCUT2D eigenvalue weighted by Crippen LogP contribution is 2.23. The van der Waals surface area contributed by atoms with Crippen molar-refractivity contribution in [3.63, 3.8) is 0 Å². The molecule has 0 aliphatic rings. The van der Waals surface area contributed by atoms with Gasteiger partial charge in [-0.25, -0.2) is 4.39 Å². The number of halogens is 1. The van der Waals surface area contributed by atoms with Gasteiger partial charge in [0.2, 0.25) is 0 Å². The Hall–Kier alpha value is -2.68. The second-order valence-electron chi connectivity index (χ2n) is 4.76. The number of rotatable bonds is 3. The summed E-state index contributed by atoms with van der Waals surface area (Å²) in [5.74, 6) is 0.310. The Kier molecular flexibility index (Phi) is 3.40. The lowest BCUT2D eigenvalue weighted by Crippen LogP contribution is -2.01. The van der Waals surface area contributed by atoms with Crippen molar-refractivity contribution in [2.75, 3.05) is 7.11 Å². The third-order valence-electron chi connectivity index (χ3n) is 3.42. The highest BCUT2D eigenvalue weighted by Gasteiger charge is 2.10. The van der Waals surface area contributed by atoms with Crippen LogP contribution in [-0.2, 0) is 0 Å². The van der Waals surface area contributed by atoms with E-state index in [4.69, 9.17) is 4.74 Å². The number of carbonyl (C=O) groups excluding carboxylic acids is 1. The molecule has 0 unspecified atom stereocenters. The Balaban J connectivity index is 2.00. The molecule has 3 rings (SSSR count). The molecule has 0 aromatic heterocycles. The van der Waals surface area contributed by atoms with Gasteiger partial charge in [-0.15, -0.1) is 0 Å². The average molecular weight is 280 g/mol. The van der Waals surface area contributed by atoms with E-state index in [1.54, 1.807) is 13.2 Å². The van der Waals surface area contributed by atoms with E-state index in [-0.39, 0.29) is 11.6 Å². The minimum absolute atomic E-state index is 0.118. The molecular formula is C18H13FO2. The predicted octanol–water partition coefficient (Wildman–Crippen LogP) is 4.22. The number of carbonyl (C=O) groups is 1. The zero-order chi connectivity index (χ0) is 14.8. The van der Waals surface area contributed by atoms with Gasteiger partial charge in [-0.05, 0) is 53.2 Å². The molecule has 0 N–H and O–H groups in total. The van der Waals surface area contributed by atoms with Crippen LogP contribution in [0.2, 0.25) is 0 Å². The van der Waals surface area contributed by atoms with Crippen LogP contribution < -0.4 is 4.74 Å². The molecule has 0 amide bonds. The summed E-state index contributed by atoms with van der Waals surface area (Å²) in [7, 11) is 1.62. The molecule has 0 heterocycles. The van der Waals surface area contributed by atoms with Gasteiger partial charge in [0.1, 0.15) is 11.6 Å². The molecule has 0 fully saturated rings. The number of ketones is 1. The second-order valence-corrected chi connectivity index (χ2v) is 4.76. The van der Waals surface area contributed by atoms with Crippen LogP contribution in [0.4, 0.5) is 4.39 Å². The van der Waals surface area contributed by atoms with Crippen molar-refractivity contribution in [3.05, 3.63) is 77.6 Å². The van der Waals surface area contributed by atoms with Gasteiger partial charge in [-0.1, -0.05) is 18.2 Å². The van der Waals surface area contributed by atoms with Gasteiger partial charge < -0.3 is 4.74 Å². The van der Waals surface area contributed by atoms with Gasteiger partial charge in [-0.3, -0.25) is 4.79 Å². The van der Waals surface area contributed by atoms with Crippen molar-refractivity contribution >= 4 is 16.6 Å². The molecule has 3 aromatic rings. The van der Waals surface area contributed by atoms with Crippen molar-refractivity contribution in [3.8, 4) is 5.75 Å². The van der Waals surface area contributed by atoms with Crippen molar-refractivity contribution in [1.29, 1.82) is 0 Å². The third-order valence-corrected chi connectivity index (χ3v) is 3.42. The van der Waals surface area contributed by atoms with E-state index in [1.165, 1.54) is 24.3 Å². The summed E-state index contributed by atoms with van der Waals surface area (Å²) in [6.45, 7) is 0. The van der Waals surface area contributed by atoms with Gasteiger partial charge in [-0.2, -0.15) is 0 Å². The molecule has 0 bridgehead atoms. The molecule has 2 nitrogen and oxygen atoms in total. The fraction of sp³-hybridized carbons (Fsp3) is 0.0556. The summed E-state index contributed by atoms with van der Waals surface area (Å²) < 4.78 is 18.1. The summed E-state index contributed by atoms with van der Waals surface area (Å²) in [6, 6.07) is 16.7. The van der Waals surface area contributed by atoms with Crippen molar-refractivity contribution < 1.29 is 13.9 Å². The fourth-order valence-corrected chi connectivity index (χ4v) is 2.26. The van der Waals surface area contributed by atoms with Crippen LogP contribution in [0.3, 0.4) is 0 Å². The smallest absolute Gasteiger partial charge is 0.193 e. The van der Waals surface area contributed by atoms with Crippen LogP contribution in [0.15, 0.2) is 60.7 Å². The zero-order valence-corrected chi connectivity index (χ0v) is 11.5. The number of fused-ring (bicyclic) bond motifs is 1. The second kappa shape index (κ2) is 5.37. The summed E-state index contributed by atoms with van der Waals surface area (Å²) in [5, 5.41) is 1.97. The molecule has 0 saturated heterocycles. The van der Waals surface area contributed by atoms with E-state index in [2.05, 4.69) is 0 Å². The summed E-state index contributed by atoms with van der Waals surface area (Å²) in [4.78, 5) is 12.4. The molecule has 104 valence electrons. The minimum Gasteiger partial charge on any atom is -0.497 e. The van der Waals surface area contributed by atoms with Gasteiger partial charge in [0.25, 0.3) is 0 Å². The van der Waals surface area contributed by atoms with Gasteiger partial charge in [0, 0.05) is 11.1 Å². The average Bonchev–Trinajstić information content (AvgIpc) is 2.54. The maximum atomic E-state index is 12.9. The van der Waals surface area contributed by atoms with E-state index < -0.39 is 0 Å². The molecule has 0 aliphatic heterocycles. The number of methoxy groups -OCH3 is 1. The molecular weight excluding hydrogens is 267 g/mol. The Morgan fingerprint density at radius 3 is 2.19 bits per heavy atom. The monoisotopic (exact) mass is 280 g/mol. The molecule has 3 heteroatoms. The quantitative estimate of drug-likeness (QED) is 0.671. The number of hydrogen-bond donors (Lipinski definition) is 0. The predicted molar refractivity (Wildman–Crippen MR) is 80.3 cm³/mol. The van der Waals surface area contributed by atoms with Crippen LogP contribution in [0.1, 0.15) is 15.9 Å². The lowest BCUT2D eigenvalue weighted by molar-refractivity contribution is 0.103. The van der Waals surface area contributed by atoms with Crippen molar-refractivity contribution in [1.82, 2.24) is 0 Å². The lowest BCUT2D eigenvalue weighted by atomic mass is 10.00. The Bertz CT molecular complexity index is 807. The zero-order valence-electron chi connectivity index (χ0n) is 11.5. The normalized spacial score (nSPS) is 10.6. The summed E-state index contributed by atoms with van der Waals surface area (Å²) in [6.07, 6.45) is 0. The van der Waals surface area contributed by atoms with Gasteiger partial charge in [0.05, 0.1) is 7.11 Å². The van der Waals surface area contributed by atoms with E-state index in [0.29, 0.717) is 11.1 Å². The van der Waals surface area contributed by atoms with Crippen LogP contribution in [0, 0.1) is 5.82 Å². The topological polar surface area (TPSA) is 26.3 Å². The minimum atomic E-state index is -0.350. The molecule has 0 aliphatic carbocycles. The first-order chi connectivity index (χ1) is 10.2. The van der Waals surface area contributed by atoms with E-state index in [0.717, 1.165) is 16.5 Å². The third kappa shape index (κ3) is 2.63. The number of ether oxygens (including phenoxy) is 1. The maximum absolute atomic E-state index is 12.9. The van der Waals surface area contributed by atoms with Crippen molar-refractivity contribution in [2.24, 2.45) is 0 Å². The largest absolute Gasteiger partial charge is 0.497 e. The van der Waals surface area contributed by atoms with Crippen molar-refractivity contribution in [2.45, 2.75) is 0 Å². The number of hydrogen-bond acceptors (Lipinski definition) is 2. The fourth-order valence-electron chi connectivity index (χ4n) is 2.26. The van der Waals surface area contributed by atoms with E-state index in [9.17, 15) is 9.18 Å². The van der Waals surface area contributed by atoms with Gasteiger partial charge in [0.15, 0.2) is 5.78 Å². The Morgan fingerprint density at radius 1 is 0.857 bits per heavy atom. The van der Waals surface area contributed by atoms with Gasteiger partial charge >= 0.3 is 0 Å². The molecule has 0 saturated carbocycles. The molecule has 0 atom stereocenters. The highest BCUT2D eigenvalue weighted by molar-refractivity contribution is 6.10.